The van der Waals surface area contributed by atoms with Gasteiger partial charge < -0.3 is 4.74 Å². The number of hydrogen-bond donors (Lipinski definition) is 0. The van der Waals surface area contributed by atoms with Crippen molar-refractivity contribution in [1.82, 2.24) is 0 Å². The molecule has 3 aromatic rings. The molecule has 3 aromatic carbocycles. The second-order valence-corrected chi connectivity index (χ2v) is 7.10. The Morgan fingerprint density at radius 1 is 0.704 bits per heavy atom. The highest BCUT2D eigenvalue weighted by molar-refractivity contribution is 5.85. The third-order valence-corrected chi connectivity index (χ3v) is 4.73. The molecule has 0 saturated carbocycles. The van der Waals surface area contributed by atoms with Gasteiger partial charge in [-0.1, -0.05) is 74.3 Å². The molecule has 27 heavy (non-hydrogen) atoms. The molecule has 0 aliphatic rings. The van der Waals surface area contributed by atoms with Crippen LogP contribution in [0, 0.1) is 18.8 Å². The van der Waals surface area contributed by atoms with E-state index in [9.17, 15) is 0 Å². The summed E-state index contributed by atoms with van der Waals surface area (Å²) in [6, 6.07) is 21.0. The van der Waals surface area contributed by atoms with Crippen LogP contribution in [0.3, 0.4) is 0 Å². The zero-order valence-electron chi connectivity index (χ0n) is 16.4. The third-order valence-electron chi connectivity index (χ3n) is 4.73. The van der Waals surface area contributed by atoms with Crippen molar-refractivity contribution in [1.29, 1.82) is 0 Å². The predicted molar refractivity (Wildman–Crippen MR) is 115 cm³/mol. The van der Waals surface area contributed by atoms with E-state index in [1.165, 1.54) is 42.0 Å². The second kappa shape index (κ2) is 9.83. The maximum absolute atomic E-state index is 5.91. The van der Waals surface area contributed by atoms with Gasteiger partial charge in [-0.3, -0.25) is 0 Å². The zero-order chi connectivity index (χ0) is 18.9. The molecule has 1 heteroatoms. The second-order valence-electron chi connectivity index (χ2n) is 7.10. The largest absolute Gasteiger partial charge is 0.494 e. The van der Waals surface area contributed by atoms with Gasteiger partial charge in [0.25, 0.3) is 0 Å². The Labute approximate surface area is 163 Å². The van der Waals surface area contributed by atoms with Crippen molar-refractivity contribution in [2.45, 2.75) is 46.0 Å². The van der Waals surface area contributed by atoms with Crippen LogP contribution in [0.1, 0.15) is 55.7 Å². The summed E-state index contributed by atoms with van der Waals surface area (Å²) in [7, 11) is 0. The Hall–Kier alpha value is -2.72. The SMILES string of the molecule is CCCCCCCOc1ccc2cc(C#Cc3ccc(C)cc3)ccc2c1. The summed E-state index contributed by atoms with van der Waals surface area (Å²) in [5.41, 5.74) is 3.33. The molecule has 0 aliphatic carbocycles. The summed E-state index contributed by atoms with van der Waals surface area (Å²) in [4.78, 5) is 0. The highest BCUT2D eigenvalue weighted by Gasteiger charge is 1.99. The fourth-order valence-electron chi connectivity index (χ4n) is 3.07. The van der Waals surface area contributed by atoms with E-state index in [4.69, 9.17) is 4.74 Å². The first-order valence-electron chi connectivity index (χ1n) is 10.00. The molecule has 0 fully saturated rings. The molecular weight excluding hydrogens is 328 g/mol. The van der Waals surface area contributed by atoms with E-state index in [-0.39, 0.29) is 0 Å². The minimum atomic E-state index is 0.801. The molecule has 0 amide bonds. The predicted octanol–water partition coefficient (Wildman–Crippen LogP) is 6.90. The minimum absolute atomic E-state index is 0.801. The maximum atomic E-state index is 5.91. The van der Waals surface area contributed by atoms with Crippen LogP contribution in [0.5, 0.6) is 5.75 Å². The molecular formula is C26H28O. The number of benzene rings is 3. The van der Waals surface area contributed by atoms with Crippen molar-refractivity contribution in [2.75, 3.05) is 6.61 Å². The summed E-state index contributed by atoms with van der Waals surface area (Å²) in [5.74, 6) is 7.46. The molecule has 0 spiro atoms. The Balaban J connectivity index is 1.62. The number of unbranched alkanes of at least 4 members (excludes halogenated alkanes) is 4. The van der Waals surface area contributed by atoms with Crippen LogP contribution in [0.25, 0.3) is 10.8 Å². The molecule has 3 rings (SSSR count). The number of fused-ring (bicyclic) bond motifs is 1. The van der Waals surface area contributed by atoms with E-state index in [1.54, 1.807) is 0 Å². The molecule has 0 atom stereocenters. The first-order chi connectivity index (χ1) is 13.2. The van der Waals surface area contributed by atoms with Gasteiger partial charge in [0.1, 0.15) is 5.75 Å². The average molecular weight is 357 g/mol. The Morgan fingerprint density at radius 3 is 2.19 bits per heavy atom. The molecule has 0 unspecified atom stereocenters. The van der Waals surface area contributed by atoms with Gasteiger partial charge in [-0.25, -0.2) is 0 Å². The lowest BCUT2D eigenvalue weighted by Gasteiger charge is -2.07. The van der Waals surface area contributed by atoms with Gasteiger partial charge in [0.15, 0.2) is 0 Å². The van der Waals surface area contributed by atoms with Crippen LogP contribution in [0.4, 0.5) is 0 Å². The van der Waals surface area contributed by atoms with Gasteiger partial charge in [0, 0.05) is 11.1 Å². The molecule has 0 aromatic heterocycles. The monoisotopic (exact) mass is 356 g/mol. The molecule has 0 heterocycles. The molecule has 0 radical (unpaired) electrons. The van der Waals surface area contributed by atoms with Gasteiger partial charge in [-0.2, -0.15) is 0 Å². The van der Waals surface area contributed by atoms with Crippen LogP contribution in [0.2, 0.25) is 0 Å². The molecule has 0 bridgehead atoms. The Kier molecular flexibility index (Phi) is 6.94. The summed E-state index contributed by atoms with van der Waals surface area (Å²) >= 11 is 0. The highest BCUT2D eigenvalue weighted by Crippen LogP contribution is 2.22. The van der Waals surface area contributed by atoms with Crippen LogP contribution in [-0.4, -0.2) is 6.61 Å². The lowest BCUT2D eigenvalue weighted by Crippen LogP contribution is -1.97. The van der Waals surface area contributed by atoms with Crippen molar-refractivity contribution in [2.24, 2.45) is 0 Å². The molecule has 0 saturated heterocycles. The first-order valence-corrected chi connectivity index (χ1v) is 10.00. The molecule has 0 aliphatic heterocycles. The number of hydrogen-bond acceptors (Lipinski definition) is 1. The van der Waals surface area contributed by atoms with Gasteiger partial charge in [0.2, 0.25) is 0 Å². The standard InChI is InChI=1S/C26H28O/c1-3-4-5-6-7-18-27-26-17-16-24-19-23(14-15-25(24)20-26)13-12-22-10-8-21(2)9-11-22/h8-11,14-17,19-20H,3-7,18H2,1-2H3. The van der Waals surface area contributed by atoms with Crippen LogP contribution < -0.4 is 4.74 Å². The molecule has 1 nitrogen and oxygen atoms in total. The van der Waals surface area contributed by atoms with E-state index in [1.807, 2.05) is 0 Å². The smallest absolute Gasteiger partial charge is 0.119 e. The lowest BCUT2D eigenvalue weighted by atomic mass is 10.1. The third kappa shape index (κ3) is 5.90. The van der Waals surface area contributed by atoms with Crippen molar-refractivity contribution in [3.8, 4) is 17.6 Å². The van der Waals surface area contributed by atoms with Crippen molar-refractivity contribution >= 4 is 10.8 Å². The highest BCUT2D eigenvalue weighted by atomic mass is 16.5. The average Bonchev–Trinajstić information content (AvgIpc) is 2.70. The first kappa shape index (κ1) is 19.1. The van der Waals surface area contributed by atoms with Crippen molar-refractivity contribution < 1.29 is 4.74 Å². The maximum Gasteiger partial charge on any atom is 0.119 e. The van der Waals surface area contributed by atoms with E-state index in [0.717, 1.165) is 29.9 Å². The molecule has 138 valence electrons. The normalized spacial score (nSPS) is 10.4. The topological polar surface area (TPSA) is 9.23 Å². The lowest BCUT2D eigenvalue weighted by molar-refractivity contribution is 0.305. The fourth-order valence-corrected chi connectivity index (χ4v) is 3.07. The van der Waals surface area contributed by atoms with E-state index < -0.39 is 0 Å². The van der Waals surface area contributed by atoms with Crippen molar-refractivity contribution in [3.05, 3.63) is 77.4 Å². The number of rotatable bonds is 7. The number of ether oxygens (including phenoxy) is 1. The van der Waals surface area contributed by atoms with E-state index >= 15 is 0 Å². The zero-order valence-corrected chi connectivity index (χ0v) is 16.4. The quantitative estimate of drug-likeness (QED) is 0.330. The van der Waals surface area contributed by atoms with Crippen LogP contribution >= 0.6 is 0 Å². The Bertz CT molecular complexity index is 926. The van der Waals surface area contributed by atoms with Gasteiger partial charge in [-0.15, -0.1) is 0 Å². The summed E-state index contributed by atoms with van der Waals surface area (Å²) in [6.07, 6.45) is 6.30. The van der Waals surface area contributed by atoms with Gasteiger partial charge in [-0.05, 0) is 60.5 Å². The van der Waals surface area contributed by atoms with E-state index in [0.29, 0.717) is 0 Å². The fraction of sp³-hybridized carbons (Fsp3) is 0.308. The van der Waals surface area contributed by atoms with Gasteiger partial charge in [0.05, 0.1) is 6.61 Å². The Morgan fingerprint density at radius 2 is 1.37 bits per heavy atom. The van der Waals surface area contributed by atoms with Gasteiger partial charge >= 0.3 is 0 Å². The summed E-state index contributed by atoms with van der Waals surface area (Å²) < 4.78 is 5.91. The van der Waals surface area contributed by atoms with E-state index in [2.05, 4.69) is 86.4 Å². The van der Waals surface area contributed by atoms with Crippen molar-refractivity contribution in [3.63, 3.8) is 0 Å². The summed E-state index contributed by atoms with van der Waals surface area (Å²) in [6.45, 7) is 5.13. The van der Waals surface area contributed by atoms with Crippen LogP contribution in [-0.2, 0) is 0 Å². The van der Waals surface area contributed by atoms with Crippen LogP contribution in [0.15, 0.2) is 60.7 Å². The minimum Gasteiger partial charge on any atom is -0.494 e. The number of aryl methyl sites for hydroxylation is 1. The molecule has 0 N–H and O–H groups in total. The summed E-state index contributed by atoms with van der Waals surface area (Å²) in [5, 5.41) is 2.39.